The van der Waals surface area contributed by atoms with Crippen molar-refractivity contribution in [2.75, 3.05) is 25.6 Å². The van der Waals surface area contributed by atoms with Gasteiger partial charge in [-0.3, -0.25) is 0 Å². The van der Waals surface area contributed by atoms with Crippen molar-refractivity contribution in [1.82, 2.24) is 0 Å². The van der Waals surface area contributed by atoms with Crippen LogP contribution >= 0.6 is 0 Å². The molecule has 0 spiro atoms. The lowest BCUT2D eigenvalue weighted by molar-refractivity contribution is -0.136. The normalized spacial score (nSPS) is 11.1. The Bertz CT molecular complexity index is 643. The Morgan fingerprint density at radius 2 is 1.68 bits per heavy atom. The third-order valence-electron chi connectivity index (χ3n) is 3.30. The maximum absolute atomic E-state index is 12.2. The first-order chi connectivity index (χ1) is 10.6. The molecule has 3 heteroatoms. The minimum absolute atomic E-state index is 0.301. The number of carbonyl (C=O) groups excluding carboxylic acids is 1. The van der Waals surface area contributed by atoms with E-state index in [4.69, 9.17) is 4.74 Å². The van der Waals surface area contributed by atoms with Crippen molar-refractivity contribution in [3.63, 3.8) is 0 Å². The molecule has 0 fully saturated rings. The highest BCUT2D eigenvalue weighted by Gasteiger charge is 2.12. The molecular formula is C19H21NO2. The van der Waals surface area contributed by atoms with Crippen molar-refractivity contribution in [3.05, 3.63) is 65.7 Å². The van der Waals surface area contributed by atoms with Gasteiger partial charge >= 0.3 is 5.97 Å². The van der Waals surface area contributed by atoms with Gasteiger partial charge in [-0.25, -0.2) is 4.79 Å². The van der Waals surface area contributed by atoms with Gasteiger partial charge in [-0.1, -0.05) is 42.5 Å². The van der Waals surface area contributed by atoms with E-state index in [1.807, 2.05) is 86.6 Å². The minimum atomic E-state index is -0.301. The van der Waals surface area contributed by atoms with E-state index in [0.29, 0.717) is 12.2 Å². The predicted octanol–water partition coefficient (Wildman–Crippen LogP) is 3.86. The molecule has 0 unspecified atom stereocenters. The summed E-state index contributed by atoms with van der Waals surface area (Å²) in [6, 6.07) is 17.6. The van der Waals surface area contributed by atoms with Crippen LogP contribution in [0, 0.1) is 0 Å². The fourth-order valence-corrected chi connectivity index (χ4v) is 2.12. The largest absolute Gasteiger partial charge is 0.462 e. The van der Waals surface area contributed by atoms with Crippen molar-refractivity contribution < 1.29 is 9.53 Å². The molecule has 114 valence electrons. The monoisotopic (exact) mass is 295 g/mol. The lowest BCUT2D eigenvalue weighted by Gasteiger charge is -2.12. The van der Waals surface area contributed by atoms with Crippen molar-refractivity contribution in [2.45, 2.75) is 6.92 Å². The molecule has 2 aromatic rings. The highest BCUT2D eigenvalue weighted by atomic mass is 16.5. The summed E-state index contributed by atoms with van der Waals surface area (Å²) in [4.78, 5) is 14.3. The molecule has 0 heterocycles. The zero-order valence-corrected chi connectivity index (χ0v) is 13.2. The van der Waals surface area contributed by atoms with E-state index in [9.17, 15) is 4.79 Å². The minimum Gasteiger partial charge on any atom is -0.462 e. The molecule has 0 N–H and O–H groups in total. The summed E-state index contributed by atoms with van der Waals surface area (Å²) in [5.41, 5.74) is 3.52. The third kappa shape index (κ3) is 3.98. The summed E-state index contributed by atoms with van der Waals surface area (Å²) in [7, 11) is 4.00. The zero-order chi connectivity index (χ0) is 15.9. The molecule has 0 radical (unpaired) electrons. The number of hydrogen-bond donors (Lipinski definition) is 0. The van der Waals surface area contributed by atoms with Crippen molar-refractivity contribution in [1.29, 1.82) is 0 Å². The van der Waals surface area contributed by atoms with Crippen LogP contribution in [0.5, 0.6) is 0 Å². The molecule has 2 rings (SSSR count). The second kappa shape index (κ2) is 7.46. The average molecular weight is 295 g/mol. The van der Waals surface area contributed by atoms with Crippen molar-refractivity contribution in [2.24, 2.45) is 0 Å². The van der Waals surface area contributed by atoms with E-state index < -0.39 is 0 Å². The molecule has 0 atom stereocenters. The molecule has 0 aromatic heterocycles. The van der Waals surface area contributed by atoms with Crippen LogP contribution in [0.25, 0.3) is 11.6 Å². The smallest absolute Gasteiger partial charge is 0.338 e. The summed E-state index contributed by atoms with van der Waals surface area (Å²) in [6.07, 6.45) is 1.87. The fraction of sp³-hybridized carbons (Fsp3) is 0.211. The second-order valence-corrected chi connectivity index (χ2v) is 5.13. The van der Waals surface area contributed by atoms with Gasteiger partial charge in [0.25, 0.3) is 0 Å². The summed E-state index contributed by atoms with van der Waals surface area (Å²) >= 11 is 0. The average Bonchev–Trinajstić information content (AvgIpc) is 2.54. The number of carbonyl (C=O) groups is 1. The molecular weight excluding hydrogens is 274 g/mol. The highest BCUT2D eigenvalue weighted by Crippen LogP contribution is 2.21. The van der Waals surface area contributed by atoms with E-state index in [-0.39, 0.29) is 5.97 Å². The molecule has 0 aliphatic carbocycles. The number of anilines is 1. The highest BCUT2D eigenvalue weighted by molar-refractivity contribution is 6.21. The Morgan fingerprint density at radius 1 is 1.05 bits per heavy atom. The molecule has 2 aromatic carbocycles. The Kier molecular flexibility index (Phi) is 5.37. The maximum Gasteiger partial charge on any atom is 0.338 e. The number of ether oxygens (including phenoxy) is 1. The third-order valence-corrected chi connectivity index (χ3v) is 3.30. The van der Waals surface area contributed by atoms with Gasteiger partial charge in [-0.05, 0) is 36.3 Å². The SMILES string of the molecule is CCOC(=O)C(=Cc1ccc(N(C)C)cc1)c1ccccc1. The second-order valence-electron chi connectivity index (χ2n) is 5.13. The van der Waals surface area contributed by atoms with E-state index in [1.54, 1.807) is 0 Å². The Morgan fingerprint density at radius 3 is 2.23 bits per heavy atom. The van der Waals surface area contributed by atoms with Gasteiger partial charge in [0.1, 0.15) is 0 Å². The number of nitrogens with zero attached hydrogens (tertiary/aromatic N) is 1. The van der Waals surface area contributed by atoms with Crippen molar-refractivity contribution in [3.8, 4) is 0 Å². The van der Waals surface area contributed by atoms with Crippen LogP contribution in [0.4, 0.5) is 5.69 Å². The van der Waals surface area contributed by atoms with Crippen LogP contribution in [0.1, 0.15) is 18.1 Å². The van der Waals surface area contributed by atoms with Gasteiger partial charge in [-0.15, -0.1) is 0 Å². The molecule has 0 amide bonds. The topological polar surface area (TPSA) is 29.5 Å². The number of esters is 1. The van der Waals surface area contributed by atoms with Crippen LogP contribution in [0.15, 0.2) is 54.6 Å². The molecule has 3 nitrogen and oxygen atoms in total. The number of hydrogen-bond acceptors (Lipinski definition) is 3. The molecule has 0 saturated carbocycles. The molecule has 0 bridgehead atoms. The van der Waals surface area contributed by atoms with Gasteiger partial charge in [0.15, 0.2) is 0 Å². The summed E-state index contributed by atoms with van der Waals surface area (Å²) < 4.78 is 5.18. The van der Waals surface area contributed by atoms with E-state index >= 15 is 0 Å². The molecule has 0 saturated heterocycles. The summed E-state index contributed by atoms with van der Waals surface area (Å²) in [5.74, 6) is -0.301. The van der Waals surface area contributed by atoms with Crippen LogP contribution in [-0.4, -0.2) is 26.7 Å². The standard InChI is InChI=1S/C19H21NO2/c1-4-22-19(21)18(16-8-6-5-7-9-16)14-15-10-12-17(13-11-15)20(2)3/h5-14H,4H2,1-3H3. The lowest BCUT2D eigenvalue weighted by atomic mass is 10.0. The molecule has 22 heavy (non-hydrogen) atoms. The summed E-state index contributed by atoms with van der Waals surface area (Å²) in [5, 5.41) is 0. The maximum atomic E-state index is 12.2. The lowest BCUT2D eigenvalue weighted by Crippen LogP contribution is -2.08. The van der Waals surface area contributed by atoms with E-state index in [1.165, 1.54) is 0 Å². The zero-order valence-electron chi connectivity index (χ0n) is 13.2. The van der Waals surface area contributed by atoms with Gasteiger partial charge in [-0.2, -0.15) is 0 Å². The van der Waals surface area contributed by atoms with E-state index in [0.717, 1.165) is 16.8 Å². The summed E-state index contributed by atoms with van der Waals surface area (Å²) in [6.45, 7) is 2.18. The molecule has 0 aliphatic heterocycles. The van der Waals surface area contributed by atoms with Crippen LogP contribution in [0.2, 0.25) is 0 Å². The van der Waals surface area contributed by atoms with Gasteiger partial charge in [0.2, 0.25) is 0 Å². The van der Waals surface area contributed by atoms with Crippen LogP contribution < -0.4 is 4.90 Å². The molecule has 0 aliphatic rings. The van der Waals surface area contributed by atoms with Crippen molar-refractivity contribution >= 4 is 23.3 Å². The Hall–Kier alpha value is -2.55. The van der Waals surface area contributed by atoms with Crippen LogP contribution in [0.3, 0.4) is 0 Å². The quantitative estimate of drug-likeness (QED) is 0.476. The van der Waals surface area contributed by atoms with E-state index in [2.05, 4.69) is 0 Å². The van der Waals surface area contributed by atoms with Gasteiger partial charge in [0, 0.05) is 19.8 Å². The first-order valence-electron chi connectivity index (χ1n) is 7.33. The first-order valence-corrected chi connectivity index (χ1v) is 7.33. The number of benzene rings is 2. The Labute approximate surface area is 131 Å². The van der Waals surface area contributed by atoms with Gasteiger partial charge < -0.3 is 9.64 Å². The predicted molar refractivity (Wildman–Crippen MR) is 91.7 cm³/mol. The number of rotatable bonds is 5. The fourth-order valence-electron chi connectivity index (χ4n) is 2.12. The van der Waals surface area contributed by atoms with Crippen LogP contribution in [-0.2, 0) is 9.53 Å². The first kappa shape index (κ1) is 15.8. The Balaban J connectivity index is 2.37. The van der Waals surface area contributed by atoms with Gasteiger partial charge in [0.05, 0.1) is 12.2 Å².